The van der Waals surface area contributed by atoms with Gasteiger partial charge in [-0.1, -0.05) is 6.07 Å². The molecule has 0 N–H and O–H groups in total. The first-order chi connectivity index (χ1) is 6.78. The van der Waals surface area contributed by atoms with Crippen LogP contribution in [0.5, 0.6) is 5.88 Å². The molecule has 1 aliphatic carbocycles. The van der Waals surface area contributed by atoms with Crippen LogP contribution in [0.4, 0.5) is 0 Å². The first kappa shape index (κ1) is 9.46. The third-order valence-electron chi connectivity index (χ3n) is 2.56. The number of methoxy groups -OCH3 is 1. The summed E-state index contributed by atoms with van der Waals surface area (Å²) in [7, 11) is 1.74. The van der Waals surface area contributed by atoms with Gasteiger partial charge in [0.25, 0.3) is 0 Å². The smallest absolute Gasteiger partial charge is 0.213 e. The first-order valence-electron chi connectivity index (χ1n) is 4.90. The molecule has 2 rings (SSSR count). The van der Waals surface area contributed by atoms with Crippen LogP contribution in [0.25, 0.3) is 0 Å². The van der Waals surface area contributed by atoms with Crippen molar-refractivity contribution in [1.29, 1.82) is 0 Å². The van der Waals surface area contributed by atoms with Gasteiger partial charge in [-0.05, 0) is 12.5 Å². The Morgan fingerprint density at radius 3 is 2.64 bits per heavy atom. The van der Waals surface area contributed by atoms with Crippen LogP contribution in [0, 0.1) is 6.92 Å². The van der Waals surface area contributed by atoms with Crippen LogP contribution in [0.2, 0.25) is 0 Å². The Morgan fingerprint density at radius 2 is 2.07 bits per heavy atom. The summed E-state index contributed by atoms with van der Waals surface area (Å²) in [5, 5.41) is 0. The van der Waals surface area contributed by atoms with Crippen molar-refractivity contribution in [3.63, 3.8) is 0 Å². The second kappa shape index (κ2) is 3.96. The van der Waals surface area contributed by atoms with Crippen molar-refractivity contribution in [2.24, 2.45) is 0 Å². The van der Waals surface area contributed by atoms with E-state index in [1.807, 2.05) is 25.3 Å². The maximum absolute atomic E-state index is 5.65. The van der Waals surface area contributed by atoms with Gasteiger partial charge < -0.3 is 9.47 Å². The lowest BCUT2D eigenvalue weighted by Crippen LogP contribution is -2.38. The molecule has 0 aromatic carbocycles. The maximum atomic E-state index is 5.65. The Balaban J connectivity index is 1.84. The molecular formula is C11H15NO2. The van der Waals surface area contributed by atoms with Gasteiger partial charge in [0.2, 0.25) is 5.88 Å². The van der Waals surface area contributed by atoms with E-state index in [-0.39, 0.29) is 6.10 Å². The standard InChI is InChI=1S/C11H15NO2/c1-8-3-4-11(12-7-8)14-10-5-9(6-10)13-2/h3-4,7,9-10H,5-6H2,1-2H3. The summed E-state index contributed by atoms with van der Waals surface area (Å²) in [4.78, 5) is 4.19. The number of ether oxygens (including phenoxy) is 2. The summed E-state index contributed by atoms with van der Waals surface area (Å²) < 4.78 is 10.8. The second-order valence-corrected chi connectivity index (χ2v) is 3.74. The van der Waals surface area contributed by atoms with Gasteiger partial charge in [-0.15, -0.1) is 0 Å². The number of rotatable bonds is 3. The van der Waals surface area contributed by atoms with Gasteiger partial charge in [-0.3, -0.25) is 0 Å². The van der Waals surface area contributed by atoms with E-state index in [1.54, 1.807) is 7.11 Å². The fourth-order valence-electron chi connectivity index (χ4n) is 1.50. The summed E-state index contributed by atoms with van der Waals surface area (Å²) in [6, 6.07) is 3.92. The maximum Gasteiger partial charge on any atom is 0.213 e. The van der Waals surface area contributed by atoms with Crippen LogP contribution >= 0.6 is 0 Å². The van der Waals surface area contributed by atoms with Gasteiger partial charge in [-0.25, -0.2) is 4.98 Å². The van der Waals surface area contributed by atoms with Gasteiger partial charge in [0, 0.05) is 32.2 Å². The topological polar surface area (TPSA) is 31.4 Å². The highest BCUT2D eigenvalue weighted by Gasteiger charge is 2.30. The van der Waals surface area contributed by atoms with E-state index in [1.165, 1.54) is 0 Å². The Bertz CT molecular complexity index is 291. The zero-order valence-corrected chi connectivity index (χ0v) is 8.56. The van der Waals surface area contributed by atoms with Crippen LogP contribution in [-0.4, -0.2) is 24.3 Å². The fourth-order valence-corrected chi connectivity index (χ4v) is 1.50. The van der Waals surface area contributed by atoms with Crippen LogP contribution < -0.4 is 4.74 Å². The van der Waals surface area contributed by atoms with E-state index in [0.717, 1.165) is 24.3 Å². The quantitative estimate of drug-likeness (QED) is 0.735. The summed E-state index contributed by atoms with van der Waals surface area (Å²) >= 11 is 0. The lowest BCUT2D eigenvalue weighted by molar-refractivity contribution is -0.0396. The minimum Gasteiger partial charge on any atom is -0.474 e. The highest BCUT2D eigenvalue weighted by atomic mass is 16.5. The monoisotopic (exact) mass is 193 g/mol. The van der Waals surface area contributed by atoms with Crippen LogP contribution in [0.3, 0.4) is 0 Å². The van der Waals surface area contributed by atoms with Gasteiger partial charge in [-0.2, -0.15) is 0 Å². The van der Waals surface area contributed by atoms with E-state index in [9.17, 15) is 0 Å². The molecule has 3 nitrogen and oxygen atoms in total. The van der Waals surface area contributed by atoms with Crippen LogP contribution in [0.15, 0.2) is 18.3 Å². The minimum absolute atomic E-state index is 0.287. The number of aryl methyl sites for hydroxylation is 1. The summed E-state index contributed by atoms with van der Waals surface area (Å²) in [6.07, 6.45) is 4.44. The third kappa shape index (κ3) is 2.04. The highest BCUT2D eigenvalue weighted by molar-refractivity contribution is 5.16. The lowest BCUT2D eigenvalue weighted by Gasteiger charge is -2.33. The molecule has 1 heterocycles. The third-order valence-corrected chi connectivity index (χ3v) is 2.56. The molecule has 1 aromatic rings. The van der Waals surface area contributed by atoms with Crippen LogP contribution in [-0.2, 0) is 4.74 Å². The van der Waals surface area contributed by atoms with E-state index >= 15 is 0 Å². The summed E-state index contributed by atoms with van der Waals surface area (Å²) in [6.45, 7) is 2.01. The van der Waals surface area contributed by atoms with Gasteiger partial charge in [0.05, 0.1) is 6.10 Å². The molecule has 3 heteroatoms. The summed E-state index contributed by atoms with van der Waals surface area (Å²) in [5.41, 5.74) is 1.15. The molecule has 0 unspecified atom stereocenters. The molecular weight excluding hydrogens is 178 g/mol. The van der Waals surface area contributed by atoms with Gasteiger partial charge in [0.1, 0.15) is 6.10 Å². The Labute approximate surface area is 84.1 Å². The van der Waals surface area contributed by atoms with E-state index in [0.29, 0.717) is 6.10 Å². The average molecular weight is 193 g/mol. The SMILES string of the molecule is COC1CC(Oc2ccc(C)cn2)C1. The zero-order valence-electron chi connectivity index (χ0n) is 8.56. The second-order valence-electron chi connectivity index (χ2n) is 3.74. The molecule has 1 fully saturated rings. The highest BCUT2D eigenvalue weighted by Crippen LogP contribution is 2.26. The van der Waals surface area contributed by atoms with E-state index in [2.05, 4.69) is 4.98 Å². The van der Waals surface area contributed by atoms with Crippen LogP contribution in [0.1, 0.15) is 18.4 Å². The number of pyridine rings is 1. The predicted octanol–water partition coefficient (Wildman–Crippen LogP) is 1.95. The fraction of sp³-hybridized carbons (Fsp3) is 0.545. The van der Waals surface area contributed by atoms with Crippen molar-refractivity contribution in [3.05, 3.63) is 23.9 Å². The first-order valence-corrected chi connectivity index (χ1v) is 4.90. The largest absolute Gasteiger partial charge is 0.474 e. The molecule has 14 heavy (non-hydrogen) atoms. The molecule has 76 valence electrons. The molecule has 1 aromatic heterocycles. The zero-order chi connectivity index (χ0) is 9.97. The molecule has 0 bridgehead atoms. The summed E-state index contributed by atoms with van der Waals surface area (Å²) in [5.74, 6) is 0.718. The van der Waals surface area contributed by atoms with E-state index in [4.69, 9.17) is 9.47 Å². The number of hydrogen-bond donors (Lipinski definition) is 0. The molecule has 0 atom stereocenters. The molecule has 0 amide bonds. The number of hydrogen-bond acceptors (Lipinski definition) is 3. The number of nitrogens with zero attached hydrogens (tertiary/aromatic N) is 1. The van der Waals surface area contributed by atoms with Crippen molar-refractivity contribution in [2.45, 2.75) is 32.0 Å². The molecule has 1 saturated carbocycles. The van der Waals surface area contributed by atoms with Crippen molar-refractivity contribution >= 4 is 0 Å². The van der Waals surface area contributed by atoms with Crippen molar-refractivity contribution < 1.29 is 9.47 Å². The molecule has 0 saturated heterocycles. The van der Waals surface area contributed by atoms with Gasteiger partial charge >= 0.3 is 0 Å². The molecule has 0 radical (unpaired) electrons. The van der Waals surface area contributed by atoms with E-state index < -0.39 is 0 Å². The molecule has 0 aliphatic heterocycles. The Morgan fingerprint density at radius 1 is 1.29 bits per heavy atom. The Hall–Kier alpha value is -1.09. The van der Waals surface area contributed by atoms with Crippen molar-refractivity contribution in [3.8, 4) is 5.88 Å². The van der Waals surface area contributed by atoms with Crippen molar-refractivity contribution in [1.82, 2.24) is 4.98 Å². The normalized spacial score (nSPS) is 25.6. The van der Waals surface area contributed by atoms with Crippen molar-refractivity contribution in [2.75, 3.05) is 7.11 Å². The molecule has 1 aliphatic rings. The lowest BCUT2D eigenvalue weighted by atomic mass is 9.92. The number of aromatic nitrogens is 1. The van der Waals surface area contributed by atoms with Gasteiger partial charge in [0.15, 0.2) is 0 Å². The predicted molar refractivity (Wildman–Crippen MR) is 53.4 cm³/mol. The minimum atomic E-state index is 0.287. The average Bonchev–Trinajstić information content (AvgIpc) is 2.13. The Kier molecular flexibility index (Phi) is 2.68. The molecule has 0 spiro atoms.